The van der Waals surface area contributed by atoms with Crippen molar-refractivity contribution in [3.05, 3.63) is 58.7 Å². The third-order valence-electron chi connectivity index (χ3n) is 3.77. The highest BCUT2D eigenvalue weighted by atomic mass is 35.5. The van der Waals surface area contributed by atoms with Crippen LogP contribution >= 0.6 is 11.6 Å². The largest absolute Gasteiger partial charge is 0.481 e. The predicted molar refractivity (Wildman–Crippen MR) is 90.5 cm³/mol. The van der Waals surface area contributed by atoms with E-state index in [4.69, 9.17) is 21.1 Å². The Hall–Kier alpha value is -2.80. The highest BCUT2D eigenvalue weighted by Crippen LogP contribution is 2.24. The number of alkyl carbamates (subject to hydrolysis) is 1. The molecule has 0 aliphatic carbocycles. The van der Waals surface area contributed by atoms with Crippen LogP contribution in [0, 0.1) is 0 Å². The summed E-state index contributed by atoms with van der Waals surface area (Å²) < 4.78 is 10.00. The van der Waals surface area contributed by atoms with Crippen LogP contribution in [0.4, 0.5) is 4.79 Å². The molecule has 0 radical (unpaired) electrons. The first-order valence-electron chi connectivity index (χ1n) is 7.57. The Kier molecular flexibility index (Phi) is 5.04. The van der Waals surface area contributed by atoms with Gasteiger partial charge in [-0.15, -0.1) is 0 Å². The van der Waals surface area contributed by atoms with Crippen molar-refractivity contribution in [2.24, 2.45) is 0 Å². The Morgan fingerprint density at radius 3 is 2.60 bits per heavy atom. The van der Waals surface area contributed by atoms with Crippen LogP contribution in [0.25, 0.3) is 0 Å². The zero-order valence-electron chi connectivity index (χ0n) is 13.4. The van der Waals surface area contributed by atoms with Gasteiger partial charge in [0.2, 0.25) is 5.88 Å². The Balaban J connectivity index is 1.86. The molecule has 8 heteroatoms. The van der Waals surface area contributed by atoms with E-state index in [1.54, 1.807) is 24.4 Å². The maximum Gasteiger partial charge on any atom is 0.408 e. The maximum atomic E-state index is 12.4. The lowest BCUT2D eigenvalue weighted by molar-refractivity contribution is -0.128. The summed E-state index contributed by atoms with van der Waals surface area (Å²) in [4.78, 5) is 27.8. The fraction of sp³-hybridized carbons (Fsp3) is 0.235. The minimum absolute atomic E-state index is 0.138. The molecule has 2 heterocycles. The number of benzene rings is 1. The number of methoxy groups -OCH3 is 1. The van der Waals surface area contributed by atoms with E-state index in [1.165, 1.54) is 7.11 Å². The van der Waals surface area contributed by atoms with E-state index < -0.39 is 24.1 Å². The first kappa shape index (κ1) is 17.0. The van der Waals surface area contributed by atoms with Gasteiger partial charge in [0.05, 0.1) is 19.7 Å². The molecule has 3 rings (SSSR count). The number of carbonyl (C=O) groups excluding carboxylic acids is 2. The van der Waals surface area contributed by atoms with Gasteiger partial charge in [-0.2, -0.15) is 0 Å². The van der Waals surface area contributed by atoms with Crippen LogP contribution in [0.5, 0.6) is 5.88 Å². The van der Waals surface area contributed by atoms with Gasteiger partial charge >= 0.3 is 6.09 Å². The molecule has 1 unspecified atom stereocenters. The van der Waals surface area contributed by atoms with Crippen molar-refractivity contribution in [1.82, 2.24) is 15.6 Å². The lowest BCUT2D eigenvalue weighted by Gasteiger charge is -2.21. The molecule has 2 atom stereocenters. The molecule has 25 heavy (non-hydrogen) atoms. The minimum Gasteiger partial charge on any atom is -0.481 e. The van der Waals surface area contributed by atoms with Crippen molar-refractivity contribution in [3.8, 4) is 5.88 Å². The number of rotatable bonds is 5. The molecular formula is C17H16ClN3O4. The average Bonchev–Trinajstić information content (AvgIpc) is 3.07. The van der Waals surface area contributed by atoms with Gasteiger partial charge in [0.1, 0.15) is 0 Å². The maximum absolute atomic E-state index is 12.4. The van der Waals surface area contributed by atoms with Gasteiger partial charge in [0, 0.05) is 17.3 Å². The fourth-order valence-electron chi connectivity index (χ4n) is 2.47. The summed E-state index contributed by atoms with van der Waals surface area (Å²) in [5, 5.41) is 5.94. The second kappa shape index (κ2) is 7.40. The number of hydrogen-bond donors (Lipinski definition) is 2. The summed E-state index contributed by atoms with van der Waals surface area (Å²) in [5.41, 5.74) is 1.58. The van der Waals surface area contributed by atoms with Crippen molar-refractivity contribution >= 4 is 23.6 Å². The van der Waals surface area contributed by atoms with Crippen LogP contribution < -0.4 is 15.4 Å². The molecule has 0 spiro atoms. The van der Waals surface area contributed by atoms with E-state index in [0.29, 0.717) is 10.9 Å². The first-order valence-corrected chi connectivity index (χ1v) is 7.95. The van der Waals surface area contributed by atoms with Crippen LogP contribution in [0.2, 0.25) is 5.02 Å². The van der Waals surface area contributed by atoms with Crippen molar-refractivity contribution in [2.45, 2.75) is 12.1 Å². The monoisotopic (exact) mass is 361 g/mol. The minimum atomic E-state index is -0.867. The van der Waals surface area contributed by atoms with E-state index in [9.17, 15) is 9.59 Å². The molecule has 130 valence electrons. The van der Waals surface area contributed by atoms with Crippen LogP contribution in [0.1, 0.15) is 17.2 Å². The highest BCUT2D eigenvalue weighted by molar-refractivity contribution is 6.30. The average molecular weight is 362 g/mol. The molecule has 2 N–H and O–H groups in total. The lowest BCUT2D eigenvalue weighted by Crippen LogP contribution is -2.39. The SMILES string of the molecule is COc1ccc([C@H](NC(=O)C2CNC(=O)O2)c2ccc(Cl)cc2)cn1. The molecule has 0 saturated carbocycles. The molecule has 2 aromatic rings. The van der Waals surface area contributed by atoms with Crippen molar-refractivity contribution in [1.29, 1.82) is 0 Å². The third-order valence-corrected chi connectivity index (χ3v) is 4.02. The molecule has 1 aromatic carbocycles. The Labute approximate surface area is 149 Å². The number of aromatic nitrogens is 1. The van der Waals surface area contributed by atoms with E-state index in [0.717, 1.165) is 11.1 Å². The van der Waals surface area contributed by atoms with E-state index in [2.05, 4.69) is 15.6 Å². The molecule has 1 aliphatic rings. The number of halogens is 1. The van der Waals surface area contributed by atoms with Gasteiger partial charge in [-0.1, -0.05) is 23.7 Å². The Bertz CT molecular complexity index is 764. The summed E-state index contributed by atoms with van der Waals surface area (Å²) in [6, 6.07) is 10.2. The number of nitrogens with one attached hydrogen (secondary N) is 2. The number of pyridine rings is 1. The highest BCUT2D eigenvalue weighted by Gasteiger charge is 2.31. The molecule has 7 nitrogen and oxygen atoms in total. The topological polar surface area (TPSA) is 89.6 Å². The molecule has 2 amide bonds. The molecule has 1 fully saturated rings. The summed E-state index contributed by atoms with van der Waals surface area (Å²) in [7, 11) is 1.53. The number of carbonyl (C=O) groups is 2. The Morgan fingerprint density at radius 1 is 1.32 bits per heavy atom. The van der Waals surface area contributed by atoms with Crippen LogP contribution in [0.15, 0.2) is 42.6 Å². The Morgan fingerprint density at radius 2 is 2.04 bits per heavy atom. The number of nitrogens with zero attached hydrogens (tertiary/aromatic N) is 1. The smallest absolute Gasteiger partial charge is 0.408 e. The number of ether oxygens (including phenoxy) is 2. The number of hydrogen-bond acceptors (Lipinski definition) is 5. The van der Waals surface area contributed by atoms with E-state index >= 15 is 0 Å². The zero-order valence-corrected chi connectivity index (χ0v) is 14.1. The van der Waals surface area contributed by atoms with Gasteiger partial charge in [-0.25, -0.2) is 9.78 Å². The summed E-state index contributed by atoms with van der Waals surface area (Å²) in [6.07, 6.45) is 0.153. The number of amides is 2. The van der Waals surface area contributed by atoms with Crippen molar-refractivity contribution in [3.63, 3.8) is 0 Å². The van der Waals surface area contributed by atoms with Gasteiger partial charge in [-0.3, -0.25) is 4.79 Å². The van der Waals surface area contributed by atoms with Gasteiger partial charge in [0.15, 0.2) is 6.10 Å². The van der Waals surface area contributed by atoms with Crippen LogP contribution in [-0.2, 0) is 9.53 Å². The molecule has 1 aromatic heterocycles. The lowest BCUT2D eigenvalue weighted by atomic mass is 10.00. The predicted octanol–water partition coefficient (Wildman–Crippen LogP) is 2.06. The van der Waals surface area contributed by atoms with Crippen LogP contribution in [0.3, 0.4) is 0 Å². The van der Waals surface area contributed by atoms with Crippen molar-refractivity contribution < 1.29 is 19.1 Å². The number of cyclic esters (lactones) is 1. The zero-order chi connectivity index (χ0) is 17.8. The normalized spacial score (nSPS) is 17.4. The van der Waals surface area contributed by atoms with Gasteiger partial charge < -0.3 is 20.1 Å². The third kappa shape index (κ3) is 4.00. The molecule has 1 aliphatic heterocycles. The second-order valence-corrected chi connectivity index (χ2v) is 5.84. The van der Waals surface area contributed by atoms with Crippen molar-refractivity contribution in [2.75, 3.05) is 13.7 Å². The quantitative estimate of drug-likeness (QED) is 0.850. The van der Waals surface area contributed by atoms with E-state index in [-0.39, 0.29) is 6.54 Å². The molecular weight excluding hydrogens is 346 g/mol. The summed E-state index contributed by atoms with van der Waals surface area (Å²) >= 11 is 5.95. The molecule has 1 saturated heterocycles. The van der Waals surface area contributed by atoms with Gasteiger partial charge in [0.25, 0.3) is 5.91 Å². The second-order valence-electron chi connectivity index (χ2n) is 5.40. The summed E-state index contributed by atoms with van der Waals surface area (Å²) in [6.45, 7) is 0.138. The standard InChI is InChI=1S/C17H16ClN3O4/c1-24-14-7-4-11(8-19-14)15(10-2-5-12(18)6-3-10)21-16(22)13-9-20-17(23)25-13/h2-8,13,15H,9H2,1H3,(H,20,23)(H,21,22)/t13?,15-/m1/s1. The summed E-state index contributed by atoms with van der Waals surface area (Å²) in [5.74, 6) is 0.0768. The van der Waals surface area contributed by atoms with E-state index in [1.807, 2.05) is 18.2 Å². The first-order chi connectivity index (χ1) is 12.1. The van der Waals surface area contributed by atoms with Gasteiger partial charge in [-0.05, 0) is 29.3 Å². The van der Waals surface area contributed by atoms with Crippen LogP contribution in [-0.4, -0.2) is 36.7 Å². The molecule has 0 bridgehead atoms. The fourth-order valence-corrected chi connectivity index (χ4v) is 2.59.